The smallest absolute Gasteiger partial charge is 0.328 e. The molecule has 1 aromatic carbocycles. The lowest BCUT2D eigenvalue weighted by molar-refractivity contribution is -0.145. The average molecular weight is 304 g/mol. The molecule has 5 heteroatoms. The Morgan fingerprint density at radius 3 is 2.86 bits per heavy atom. The van der Waals surface area contributed by atoms with Crippen molar-refractivity contribution in [3.05, 3.63) is 35.4 Å². The lowest BCUT2D eigenvalue weighted by atomic mass is 9.93. The summed E-state index contributed by atoms with van der Waals surface area (Å²) >= 11 is 0. The third kappa shape index (κ3) is 4.07. The molecule has 3 atom stereocenters. The van der Waals surface area contributed by atoms with Crippen LogP contribution in [0.15, 0.2) is 24.3 Å². The third-order valence-corrected chi connectivity index (χ3v) is 4.22. The first-order valence-corrected chi connectivity index (χ1v) is 7.74. The van der Waals surface area contributed by atoms with Gasteiger partial charge in [-0.2, -0.15) is 0 Å². The minimum Gasteiger partial charge on any atom is -0.467 e. The van der Waals surface area contributed by atoms with Gasteiger partial charge in [-0.1, -0.05) is 37.6 Å². The van der Waals surface area contributed by atoms with E-state index < -0.39 is 12.0 Å². The summed E-state index contributed by atoms with van der Waals surface area (Å²) < 4.78 is 4.81. The first-order valence-electron chi connectivity index (χ1n) is 7.74. The van der Waals surface area contributed by atoms with Crippen LogP contribution in [0.3, 0.4) is 0 Å². The molecule has 2 rings (SSSR count). The number of nitrogens with two attached hydrogens (primary N) is 1. The zero-order valence-corrected chi connectivity index (χ0v) is 13.2. The number of amides is 1. The van der Waals surface area contributed by atoms with E-state index in [4.69, 9.17) is 10.5 Å². The van der Waals surface area contributed by atoms with E-state index in [9.17, 15) is 9.59 Å². The summed E-state index contributed by atoms with van der Waals surface area (Å²) in [4.78, 5) is 24.2. The van der Waals surface area contributed by atoms with Gasteiger partial charge in [-0.15, -0.1) is 0 Å². The van der Waals surface area contributed by atoms with Gasteiger partial charge in [0.25, 0.3) is 0 Å². The van der Waals surface area contributed by atoms with Gasteiger partial charge in [0.05, 0.1) is 7.11 Å². The topological polar surface area (TPSA) is 81.4 Å². The molecule has 1 aromatic rings. The maximum absolute atomic E-state index is 12.2. The molecule has 1 aliphatic heterocycles. The Kier molecular flexibility index (Phi) is 5.55. The molecular formula is C17H24N2O3. The molecule has 2 bridgehead atoms. The highest BCUT2D eigenvalue weighted by molar-refractivity contribution is 5.85. The molecule has 0 fully saturated rings. The molecule has 0 saturated heterocycles. The van der Waals surface area contributed by atoms with Crippen LogP contribution in [-0.4, -0.2) is 25.0 Å². The number of carbonyl (C=O) groups excluding carboxylic acids is 2. The van der Waals surface area contributed by atoms with Crippen molar-refractivity contribution in [2.45, 2.75) is 44.7 Å². The van der Waals surface area contributed by atoms with Crippen LogP contribution < -0.4 is 11.1 Å². The van der Waals surface area contributed by atoms with Crippen LogP contribution in [0.5, 0.6) is 0 Å². The number of hydrogen-bond donors (Lipinski definition) is 2. The van der Waals surface area contributed by atoms with Gasteiger partial charge in [0.15, 0.2) is 0 Å². The summed E-state index contributed by atoms with van der Waals surface area (Å²) in [6.45, 7) is 1.88. The highest BCUT2D eigenvalue weighted by Crippen LogP contribution is 2.21. The van der Waals surface area contributed by atoms with Gasteiger partial charge in [0.1, 0.15) is 6.04 Å². The number of rotatable bonds is 1. The maximum atomic E-state index is 12.2. The van der Waals surface area contributed by atoms with Crippen molar-refractivity contribution >= 4 is 11.9 Å². The Balaban J connectivity index is 2.30. The minimum atomic E-state index is -0.661. The number of ether oxygens (including phenoxy) is 1. The summed E-state index contributed by atoms with van der Waals surface area (Å²) in [5, 5.41) is 2.81. The van der Waals surface area contributed by atoms with Gasteiger partial charge >= 0.3 is 5.97 Å². The monoisotopic (exact) mass is 304 g/mol. The lowest BCUT2D eigenvalue weighted by Gasteiger charge is -2.22. The van der Waals surface area contributed by atoms with Crippen molar-refractivity contribution in [2.24, 2.45) is 11.7 Å². The molecule has 1 heterocycles. The maximum Gasteiger partial charge on any atom is 0.328 e. The Hall–Kier alpha value is -1.88. The zero-order chi connectivity index (χ0) is 16.1. The second-order valence-electron chi connectivity index (χ2n) is 5.97. The van der Waals surface area contributed by atoms with Gasteiger partial charge in [-0.3, -0.25) is 4.79 Å². The average Bonchev–Trinajstić information content (AvgIpc) is 2.52. The van der Waals surface area contributed by atoms with Crippen molar-refractivity contribution in [3.8, 4) is 0 Å². The first kappa shape index (κ1) is 16.5. The van der Waals surface area contributed by atoms with Crippen LogP contribution in [-0.2, 0) is 20.7 Å². The van der Waals surface area contributed by atoms with Crippen molar-refractivity contribution in [3.63, 3.8) is 0 Å². The van der Waals surface area contributed by atoms with Crippen molar-refractivity contribution in [1.82, 2.24) is 5.32 Å². The fourth-order valence-corrected chi connectivity index (χ4v) is 2.78. The molecule has 1 amide bonds. The molecule has 0 aliphatic carbocycles. The second-order valence-corrected chi connectivity index (χ2v) is 5.97. The van der Waals surface area contributed by atoms with Gasteiger partial charge in [-0.05, 0) is 24.0 Å². The Labute approximate surface area is 131 Å². The minimum absolute atomic E-state index is 0.0359. The zero-order valence-electron chi connectivity index (χ0n) is 13.2. The molecule has 5 nitrogen and oxygen atoms in total. The molecule has 0 saturated carbocycles. The van der Waals surface area contributed by atoms with Crippen molar-refractivity contribution in [2.75, 3.05) is 7.11 Å². The predicted molar refractivity (Wildman–Crippen MR) is 84.0 cm³/mol. The molecule has 3 N–H and O–H groups in total. The molecule has 22 heavy (non-hydrogen) atoms. The van der Waals surface area contributed by atoms with Gasteiger partial charge in [0, 0.05) is 18.4 Å². The summed E-state index contributed by atoms with van der Waals surface area (Å²) in [6, 6.07) is 7.20. The van der Waals surface area contributed by atoms with Crippen LogP contribution >= 0.6 is 0 Å². The molecule has 0 radical (unpaired) electrons. The van der Waals surface area contributed by atoms with Crippen LogP contribution in [0.2, 0.25) is 0 Å². The highest BCUT2D eigenvalue weighted by atomic mass is 16.5. The van der Waals surface area contributed by atoms with E-state index >= 15 is 0 Å². The normalized spacial score (nSPS) is 26.3. The van der Waals surface area contributed by atoms with E-state index in [0.717, 1.165) is 30.4 Å². The highest BCUT2D eigenvalue weighted by Gasteiger charge is 2.25. The van der Waals surface area contributed by atoms with E-state index in [1.54, 1.807) is 0 Å². The van der Waals surface area contributed by atoms with Crippen LogP contribution in [0.4, 0.5) is 0 Å². The third-order valence-electron chi connectivity index (χ3n) is 4.22. The predicted octanol–water partition coefficient (Wildman–Crippen LogP) is 1.71. The lowest BCUT2D eigenvalue weighted by Crippen LogP contribution is -2.45. The molecule has 0 aromatic heterocycles. The standard InChI is InChI=1S/C17H24N2O3/c1-11-5-3-8-14(18)13-7-4-6-12(9-13)10-15(17(21)22-2)19-16(11)20/h4,6-7,9,11,14-15H,3,5,8,10,18H2,1-2H3,(H,19,20)/t11-,14+,15-/m1/s1. The number of esters is 1. The first-order chi connectivity index (χ1) is 10.5. The van der Waals surface area contributed by atoms with E-state index in [1.807, 2.05) is 31.2 Å². The van der Waals surface area contributed by atoms with Crippen LogP contribution in [0, 0.1) is 5.92 Å². The van der Waals surface area contributed by atoms with E-state index in [2.05, 4.69) is 5.32 Å². The molecule has 1 aliphatic rings. The molecule has 120 valence electrons. The summed E-state index contributed by atoms with van der Waals surface area (Å²) in [5.41, 5.74) is 8.27. The second kappa shape index (κ2) is 7.40. The quantitative estimate of drug-likeness (QED) is 0.774. The molecular weight excluding hydrogens is 280 g/mol. The summed E-state index contributed by atoms with van der Waals surface area (Å²) in [7, 11) is 1.33. The molecule has 0 unspecified atom stereocenters. The molecule has 0 spiro atoms. The van der Waals surface area contributed by atoms with Crippen molar-refractivity contribution in [1.29, 1.82) is 0 Å². The number of nitrogens with one attached hydrogen (secondary N) is 1. The van der Waals surface area contributed by atoms with Gasteiger partial charge in [0.2, 0.25) is 5.91 Å². The van der Waals surface area contributed by atoms with Crippen LogP contribution in [0.1, 0.15) is 43.4 Å². The van der Waals surface area contributed by atoms with E-state index in [-0.39, 0.29) is 17.9 Å². The Morgan fingerprint density at radius 1 is 1.36 bits per heavy atom. The summed E-state index contributed by atoms with van der Waals surface area (Å²) in [5.74, 6) is -0.676. The Morgan fingerprint density at radius 2 is 2.14 bits per heavy atom. The largest absolute Gasteiger partial charge is 0.467 e. The SMILES string of the molecule is COC(=O)[C@H]1Cc2cccc(c2)[C@@H](N)CCC[C@@H](C)C(=O)N1. The fourth-order valence-electron chi connectivity index (χ4n) is 2.78. The van der Waals surface area contributed by atoms with E-state index in [0.29, 0.717) is 6.42 Å². The number of methoxy groups -OCH3 is 1. The fraction of sp³-hybridized carbons (Fsp3) is 0.529. The summed E-state index contributed by atoms with van der Waals surface area (Å²) in [6.07, 6.45) is 2.89. The van der Waals surface area contributed by atoms with Crippen molar-refractivity contribution < 1.29 is 14.3 Å². The van der Waals surface area contributed by atoms with Gasteiger partial charge in [-0.25, -0.2) is 4.79 Å². The number of carbonyl (C=O) groups is 2. The number of hydrogen-bond acceptors (Lipinski definition) is 4. The number of fused-ring (bicyclic) bond motifs is 2. The Bertz CT molecular complexity index is 544. The van der Waals surface area contributed by atoms with Gasteiger partial charge < -0.3 is 15.8 Å². The van der Waals surface area contributed by atoms with E-state index in [1.165, 1.54) is 7.11 Å². The van der Waals surface area contributed by atoms with Crippen LogP contribution in [0.25, 0.3) is 0 Å². The number of benzene rings is 1.